The minimum Gasteiger partial charge on any atom is -0.383 e. The molecule has 1 atom stereocenters. The number of nitrogen functional groups attached to an aromatic ring is 1. The van der Waals surface area contributed by atoms with Crippen LogP contribution >= 0.6 is 0 Å². The molecule has 1 unspecified atom stereocenters. The van der Waals surface area contributed by atoms with Crippen LogP contribution in [0.1, 0.15) is 30.1 Å². The van der Waals surface area contributed by atoms with Crippen LogP contribution in [0.5, 0.6) is 0 Å². The third kappa shape index (κ3) is 1.72. The number of pyridine rings is 1. The summed E-state index contributed by atoms with van der Waals surface area (Å²) < 4.78 is 5.48. The van der Waals surface area contributed by atoms with Gasteiger partial charge in [-0.1, -0.05) is 0 Å². The third-order valence-corrected chi connectivity index (χ3v) is 2.78. The molecule has 0 aliphatic carbocycles. The molecule has 4 nitrogen and oxygen atoms in total. The van der Waals surface area contributed by atoms with Crippen LogP contribution in [0.15, 0.2) is 18.3 Å². The lowest BCUT2D eigenvalue weighted by Crippen LogP contribution is -2.34. The largest absolute Gasteiger partial charge is 0.383 e. The van der Waals surface area contributed by atoms with Gasteiger partial charge in [-0.15, -0.1) is 0 Å². The van der Waals surface area contributed by atoms with Crippen LogP contribution in [-0.2, 0) is 4.74 Å². The zero-order chi connectivity index (χ0) is 10.9. The van der Waals surface area contributed by atoms with Crippen LogP contribution in [0.2, 0.25) is 0 Å². The molecule has 4 heteroatoms. The summed E-state index contributed by atoms with van der Waals surface area (Å²) >= 11 is 0. The van der Waals surface area contributed by atoms with E-state index in [0.717, 1.165) is 12.8 Å². The molecular formula is C11H14N2O2. The van der Waals surface area contributed by atoms with E-state index in [1.54, 1.807) is 18.3 Å². The first-order valence-electron chi connectivity index (χ1n) is 5.03. The molecule has 0 spiro atoms. The van der Waals surface area contributed by atoms with Crippen molar-refractivity contribution in [1.82, 2.24) is 4.98 Å². The number of carbonyl (C=O) groups excluding carboxylic acids is 1. The SMILES string of the molecule is CC1(C(=O)c2cccnc2N)CCCO1. The molecule has 1 aromatic rings. The Bertz CT molecular complexity index is 384. The van der Waals surface area contributed by atoms with Gasteiger partial charge in [0.15, 0.2) is 5.78 Å². The third-order valence-electron chi connectivity index (χ3n) is 2.78. The summed E-state index contributed by atoms with van der Waals surface area (Å²) in [5, 5.41) is 0. The predicted octanol–water partition coefficient (Wildman–Crippen LogP) is 1.42. The Kier molecular flexibility index (Phi) is 2.44. The number of ketones is 1. The van der Waals surface area contributed by atoms with Crippen LogP contribution < -0.4 is 5.73 Å². The lowest BCUT2D eigenvalue weighted by atomic mass is 9.92. The maximum atomic E-state index is 12.1. The van der Waals surface area contributed by atoms with Crippen molar-refractivity contribution in [3.63, 3.8) is 0 Å². The van der Waals surface area contributed by atoms with Gasteiger partial charge in [-0.05, 0) is 31.9 Å². The first-order chi connectivity index (χ1) is 7.13. The number of nitrogens with two attached hydrogens (primary N) is 1. The molecule has 0 radical (unpaired) electrons. The van der Waals surface area contributed by atoms with Crippen molar-refractivity contribution in [3.8, 4) is 0 Å². The smallest absolute Gasteiger partial charge is 0.198 e. The summed E-state index contributed by atoms with van der Waals surface area (Å²) in [7, 11) is 0. The molecule has 1 aliphatic rings. The fraction of sp³-hybridized carbons (Fsp3) is 0.455. The Labute approximate surface area is 88.4 Å². The number of nitrogens with zero attached hydrogens (tertiary/aromatic N) is 1. The fourth-order valence-electron chi connectivity index (χ4n) is 1.85. The first-order valence-corrected chi connectivity index (χ1v) is 5.03. The monoisotopic (exact) mass is 206 g/mol. The molecule has 0 amide bonds. The summed E-state index contributed by atoms with van der Waals surface area (Å²) in [6.07, 6.45) is 3.24. The van der Waals surface area contributed by atoms with E-state index in [-0.39, 0.29) is 11.6 Å². The summed E-state index contributed by atoms with van der Waals surface area (Å²) in [4.78, 5) is 16.0. The average Bonchev–Trinajstić information content (AvgIpc) is 2.66. The lowest BCUT2D eigenvalue weighted by Gasteiger charge is -2.21. The Balaban J connectivity index is 2.32. The van der Waals surface area contributed by atoms with Gasteiger partial charge in [-0.25, -0.2) is 4.98 Å². The number of rotatable bonds is 2. The van der Waals surface area contributed by atoms with Crippen molar-refractivity contribution < 1.29 is 9.53 Å². The van der Waals surface area contributed by atoms with Gasteiger partial charge >= 0.3 is 0 Å². The molecular weight excluding hydrogens is 192 g/mol. The van der Waals surface area contributed by atoms with E-state index in [1.165, 1.54) is 0 Å². The van der Waals surface area contributed by atoms with E-state index in [1.807, 2.05) is 6.92 Å². The molecule has 1 aromatic heterocycles. The maximum Gasteiger partial charge on any atom is 0.198 e. The van der Waals surface area contributed by atoms with Crippen molar-refractivity contribution in [2.75, 3.05) is 12.3 Å². The van der Waals surface area contributed by atoms with Crippen molar-refractivity contribution in [3.05, 3.63) is 23.9 Å². The minimum absolute atomic E-state index is 0.0643. The van der Waals surface area contributed by atoms with Crippen molar-refractivity contribution in [2.24, 2.45) is 0 Å². The number of ether oxygens (including phenoxy) is 1. The van der Waals surface area contributed by atoms with Crippen LogP contribution in [0, 0.1) is 0 Å². The number of anilines is 1. The number of aromatic nitrogens is 1. The highest BCUT2D eigenvalue weighted by Crippen LogP contribution is 2.29. The highest BCUT2D eigenvalue weighted by molar-refractivity contribution is 6.05. The Morgan fingerprint density at radius 1 is 1.67 bits per heavy atom. The van der Waals surface area contributed by atoms with Gasteiger partial charge in [0.05, 0.1) is 5.56 Å². The summed E-state index contributed by atoms with van der Waals surface area (Å²) in [5.74, 6) is 0.213. The zero-order valence-corrected chi connectivity index (χ0v) is 8.69. The second kappa shape index (κ2) is 3.62. The first kappa shape index (κ1) is 10.1. The standard InChI is InChI=1S/C11H14N2O2/c1-11(5-3-7-15-11)9(14)8-4-2-6-13-10(8)12/h2,4,6H,3,5,7H2,1H3,(H2,12,13). The highest BCUT2D eigenvalue weighted by atomic mass is 16.5. The van der Waals surface area contributed by atoms with Gasteiger partial charge in [0.1, 0.15) is 11.4 Å². The van der Waals surface area contributed by atoms with E-state index >= 15 is 0 Å². The van der Waals surface area contributed by atoms with Crippen molar-refractivity contribution in [1.29, 1.82) is 0 Å². The number of hydrogen-bond acceptors (Lipinski definition) is 4. The molecule has 0 bridgehead atoms. The van der Waals surface area contributed by atoms with Gasteiger partial charge in [0.25, 0.3) is 0 Å². The molecule has 2 rings (SSSR count). The molecule has 15 heavy (non-hydrogen) atoms. The topological polar surface area (TPSA) is 65.2 Å². The fourth-order valence-corrected chi connectivity index (χ4v) is 1.85. The van der Waals surface area contributed by atoms with Gasteiger partial charge in [-0.3, -0.25) is 4.79 Å². The maximum absolute atomic E-state index is 12.1. The number of hydrogen-bond donors (Lipinski definition) is 1. The molecule has 1 aliphatic heterocycles. The molecule has 1 saturated heterocycles. The van der Waals surface area contributed by atoms with Gasteiger partial charge in [0.2, 0.25) is 0 Å². The van der Waals surface area contributed by atoms with Crippen LogP contribution in [-0.4, -0.2) is 23.0 Å². The van der Waals surface area contributed by atoms with Gasteiger partial charge in [0, 0.05) is 12.8 Å². The second-order valence-corrected chi connectivity index (χ2v) is 3.95. The van der Waals surface area contributed by atoms with Crippen molar-refractivity contribution in [2.45, 2.75) is 25.4 Å². The Hall–Kier alpha value is -1.42. The normalized spacial score (nSPS) is 25.4. The van der Waals surface area contributed by atoms with Crippen LogP contribution in [0.4, 0.5) is 5.82 Å². The van der Waals surface area contributed by atoms with E-state index < -0.39 is 5.60 Å². The summed E-state index contributed by atoms with van der Waals surface area (Å²) in [6.45, 7) is 2.46. The molecule has 80 valence electrons. The van der Waals surface area contributed by atoms with E-state index in [4.69, 9.17) is 10.5 Å². The molecule has 0 saturated carbocycles. The number of Topliss-reactive ketones (excluding diaryl/α,β-unsaturated/α-hetero) is 1. The van der Waals surface area contributed by atoms with Crippen LogP contribution in [0.3, 0.4) is 0 Å². The van der Waals surface area contributed by atoms with E-state index in [0.29, 0.717) is 12.2 Å². The molecule has 1 fully saturated rings. The molecule has 2 N–H and O–H groups in total. The lowest BCUT2D eigenvalue weighted by molar-refractivity contribution is 0.0214. The van der Waals surface area contributed by atoms with Crippen LogP contribution in [0.25, 0.3) is 0 Å². The average molecular weight is 206 g/mol. The number of carbonyl (C=O) groups is 1. The van der Waals surface area contributed by atoms with Crippen molar-refractivity contribution >= 4 is 11.6 Å². The Morgan fingerprint density at radius 3 is 3.07 bits per heavy atom. The molecule has 2 heterocycles. The summed E-state index contributed by atoms with van der Waals surface area (Å²) in [6, 6.07) is 3.40. The predicted molar refractivity (Wildman–Crippen MR) is 56.6 cm³/mol. The highest BCUT2D eigenvalue weighted by Gasteiger charge is 2.38. The van der Waals surface area contributed by atoms with E-state index in [2.05, 4.69) is 4.98 Å². The summed E-state index contributed by atoms with van der Waals surface area (Å²) in [5.41, 5.74) is 5.41. The van der Waals surface area contributed by atoms with E-state index in [9.17, 15) is 4.79 Å². The minimum atomic E-state index is -0.711. The quantitative estimate of drug-likeness (QED) is 0.743. The Morgan fingerprint density at radius 2 is 2.47 bits per heavy atom. The second-order valence-electron chi connectivity index (χ2n) is 3.95. The molecule has 0 aromatic carbocycles. The van der Waals surface area contributed by atoms with Gasteiger partial charge < -0.3 is 10.5 Å². The van der Waals surface area contributed by atoms with Gasteiger partial charge in [-0.2, -0.15) is 0 Å². The zero-order valence-electron chi connectivity index (χ0n) is 8.69.